The second-order valence-electron chi connectivity index (χ2n) is 5.03. The molecule has 1 rings (SSSR count). The van der Waals surface area contributed by atoms with E-state index < -0.39 is 36.0 Å². The third kappa shape index (κ3) is 10.4. The molecule has 0 aromatic carbocycles. The van der Waals surface area contributed by atoms with Crippen LogP contribution in [0.25, 0.3) is 0 Å². The van der Waals surface area contributed by atoms with E-state index in [9.17, 15) is 14.4 Å². The third-order valence-electron chi connectivity index (χ3n) is 3.22. The summed E-state index contributed by atoms with van der Waals surface area (Å²) in [5.74, 6) is -3.43. The van der Waals surface area contributed by atoms with Crippen LogP contribution < -0.4 is 10.6 Å². The van der Waals surface area contributed by atoms with Gasteiger partial charge in [-0.1, -0.05) is 0 Å². The van der Waals surface area contributed by atoms with E-state index in [0.29, 0.717) is 5.69 Å². The number of carboxylic acids is 3. The zero-order chi connectivity index (χ0) is 17.4. The number of imidazole rings is 1. The van der Waals surface area contributed by atoms with Crippen molar-refractivity contribution in [3.63, 3.8) is 0 Å². The van der Waals surface area contributed by atoms with Gasteiger partial charge >= 0.3 is 17.9 Å². The Bertz CT molecular complexity index is 546. The van der Waals surface area contributed by atoms with Crippen molar-refractivity contribution in [1.29, 1.82) is 0 Å². The molecule has 0 saturated carbocycles. The van der Waals surface area contributed by atoms with Crippen LogP contribution in [-0.4, -0.2) is 67.9 Å². The average molecular weight is 441 g/mol. The van der Waals surface area contributed by atoms with Crippen LogP contribution in [0.1, 0.15) is 19.0 Å². The lowest BCUT2D eigenvalue weighted by Crippen LogP contribution is -2.48. The Hall–Kier alpha value is -1.59. The fourth-order valence-corrected chi connectivity index (χ4v) is 1.92. The lowest BCUT2D eigenvalue weighted by molar-refractivity contribution is -0.142. The standard InChI is InChI=1S/C13H20N4O6.3ClH/c1-7(11(18)19)17-9(12(20)21)2-3-15-10(13(22)23)4-8-5-14-6-16-8;;;/h5-7,9-10,15,17H,2-4H2,1H3,(H,14,16)(H,18,19)(H,20,21)(H,22,23);3*1H/t7-,9-,10+;;;/m0.../s1/i5+1,6+1,8+1;;;. The Kier molecular flexibility index (Phi) is 16.3. The summed E-state index contributed by atoms with van der Waals surface area (Å²) in [5.41, 5.74) is 0.636. The fraction of sp³-hybridized carbons (Fsp3) is 0.538. The molecular weight excluding hydrogens is 418 g/mol. The quantitative estimate of drug-likeness (QED) is 0.281. The topological polar surface area (TPSA) is 165 Å². The Balaban J connectivity index is -0.00000176. The van der Waals surface area contributed by atoms with Crippen LogP contribution in [0.3, 0.4) is 0 Å². The number of carboxylic acid groups (broad SMARTS) is 3. The number of rotatable bonds is 11. The predicted molar refractivity (Wildman–Crippen MR) is 99.7 cm³/mol. The smallest absolute Gasteiger partial charge is 0.321 e. The van der Waals surface area contributed by atoms with E-state index in [2.05, 4.69) is 20.6 Å². The van der Waals surface area contributed by atoms with Gasteiger partial charge in [0, 0.05) is 18.3 Å². The van der Waals surface area contributed by atoms with E-state index in [-0.39, 0.29) is 56.6 Å². The van der Waals surface area contributed by atoms with Crippen LogP contribution in [0.5, 0.6) is 0 Å². The zero-order valence-corrected chi connectivity index (χ0v) is 16.2. The zero-order valence-electron chi connectivity index (χ0n) is 13.7. The molecular formula is C13H23Cl3N4O6. The summed E-state index contributed by atoms with van der Waals surface area (Å²) in [6, 6.07) is -3.01. The molecule has 1 aromatic heterocycles. The summed E-state index contributed by atoms with van der Waals surface area (Å²) in [7, 11) is 0. The minimum atomic E-state index is -1.19. The van der Waals surface area contributed by atoms with Crippen LogP contribution in [0, 0.1) is 0 Å². The summed E-state index contributed by atoms with van der Waals surface area (Å²) >= 11 is 0. The van der Waals surface area contributed by atoms with Crippen molar-refractivity contribution in [2.24, 2.45) is 0 Å². The highest BCUT2D eigenvalue weighted by Gasteiger charge is 2.24. The van der Waals surface area contributed by atoms with Crippen molar-refractivity contribution >= 4 is 55.1 Å². The first-order valence-corrected chi connectivity index (χ1v) is 6.96. The van der Waals surface area contributed by atoms with Gasteiger partial charge in [0.25, 0.3) is 0 Å². The molecule has 0 saturated heterocycles. The minimum Gasteiger partial charge on any atom is -0.480 e. The molecule has 0 aliphatic heterocycles. The van der Waals surface area contributed by atoms with Crippen molar-refractivity contribution in [2.75, 3.05) is 6.54 Å². The maximum Gasteiger partial charge on any atom is 0.321 e. The molecule has 0 aliphatic carbocycles. The number of halogens is 3. The number of hydrogen-bond acceptors (Lipinski definition) is 6. The number of H-pyrrole nitrogens is 1. The highest BCUT2D eigenvalue weighted by molar-refractivity contribution is 5.86. The third-order valence-corrected chi connectivity index (χ3v) is 3.22. The predicted octanol–water partition coefficient (Wildman–Crippen LogP) is 0.166. The van der Waals surface area contributed by atoms with Crippen LogP contribution >= 0.6 is 37.2 Å². The van der Waals surface area contributed by atoms with Crippen LogP contribution in [0.4, 0.5) is 0 Å². The first kappa shape index (κ1) is 29.2. The van der Waals surface area contributed by atoms with Crippen LogP contribution in [-0.2, 0) is 20.8 Å². The van der Waals surface area contributed by atoms with Crippen LogP contribution in [0.2, 0.25) is 0 Å². The van der Waals surface area contributed by atoms with E-state index in [1.165, 1.54) is 19.4 Å². The number of hydrogen-bond donors (Lipinski definition) is 6. The maximum absolute atomic E-state index is 11.2. The molecule has 13 heteroatoms. The molecule has 0 radical (unpaired) electrons. The van der Waals surface area contributed by atoms with E-state index in [4.69, 9.17) is 15.3 Å². The molecule has 0 spiro atoms. The lowest BCUT2D eigenvalue weighted by Gasteiger charge is -2.19. The largest absolute Gasteiger partial charge is 0.480 e. The summed E-state index contributed by atoms with van der Waals surface area (Å²) in [6.45, 7) is 1.44. The van der Waals surface area contributed by atoms with E-state index >= 15 is 0 Å². The second kappa shape index (κ2) is 14.6. The SMILES string of the molecule is C[C@H](N[C@@H](CCN[C@H](C[13c]1[13cH]n[13cH][nH]1)C(=O)O)C(=O)O)C(=O)O.Cl.Cl.Cl. The van der Waals surface area contributed by atoms with Gasteiger partial charge in [-0.25, -0.2) is 4.98 Å². The van der Waals surface area contributed by atoms with Gasteiger partial charge in [-0.15, -0.1) is 37.2 Å². The van der Waals surface area contributed by atoms with Crippen molar-refractivity contribution in [3.05, 3.63) is 18.2 Å². The van der Waals surface area contributed by atoms with Crippen molar-refractivity contribution in [2.45, 2.75) is 37.9 Å². The molecule has 26 heavy (non-hydrogen) atoms. The normalized spacial score (nSPS) is 13.1. The molecule has 0 fully saturated rings. The molecule has 1 heterocycles. The summed E-state index contributed by atoms with van der Waals surface area (Å²) < 4.78 is 0. The van der Waals surface area contributed by atoms with Crippen LogP contribution in [0.15, 0.2) is 12.5 Å². The van der Waals surface area contributed by atoms with Gasteiger partial charge in [0.15, 0.2) is 0 Å². The Morgan fingerprint density at radius 2 is 1.65 bits per heavy atom. The average Bonchev–Trinajstić information content (AvgIpc) is 2.97. The fourth-order valence-electron chi connectivity index (χ4n) is 1.92. The molecule has 1 aromatic rings. The van der Waals surface area contributed by atoms with Gasteiger partial charge in [-0.2, -0.15) is 0 Å². The molecule has 0 bridgehead atoms. The number of nitrogens with one attached hydrogen (secondary N) is 3. The van der Waals surface area contributed by atoms with Gasteiger partial charge in [0.05, 0.1) is 6.33 Å². The Morgan fingerprint density at radius 1 is 1.08 bits per heavy atom. The number of nitrogens with zero attached hydrogens (tertiary/aromatic N) is 1. The summed E-state index contributed by atoms with van der Waals surface area (Å²) in [5, 5.41) is 32.2. The molecule has 6 N–H and O–H groups in total. The highest BCUT2D eigenvalue weighted by Crippen LogP contribution is 2.01. The van der Waals surface area contributed by atoms with Crippen molar-refractivity contribution in [3.8, 4) is 0 Å². The van der Waals surface area contributed by atoms with E-state index in [1.54, 1.807) is 0 Å². The lowest BCUT2D eigenvalue weighted by atomic mass is 10.1. The number of aliphatic carboxylic acids is 3. The van der Waals surface area contributed by atoms with Gasteiger partial charge in [-0.05, 0) is 19.9 Å². The molecule has 152 valence electrons. The first-order valence-electron chi connectivity index (χ1n) is 6.96. The van der Waals surface area contributed by atoms with Gasteiger partial charge in [0.1, 0.15) is 18.1 Å². The second-order valence-corrected chi connectivity index (χ2v) is 5.03. The summed E-state index contributed by atoms with van der Waals surface area (Å²) in [4.78, 5) is 39.6. The molecule has 10 nitrogen and oxygen atoms in total. The monoisotopic (exact) mass is 439 g/mol. The van der Waals surface area contributed by atoms with Gasteiger partial charge < -0.3 is 25.6 Å². The molecule has 3 atom stereocenters. The minimum absolute atomic E-state index is 0. The Labute approximate surface area is 168 Å². The number of carbonyl (C=O) groups is 3. The maximum atomic E-state index is 11.2. The van der Waals surface area contributed by atoms with E-state index in [0.717, 1.165) is 0 Å². The van der Waals surface area contributed by atoms with Crippen molar-refractivity contribution in [1.82, 2.24) is 20.6 Å². The molecule has 0 aliphatic rings. The van der Waals surface area contributed by atoms with Gasteiger partial charge in [0.2, 0.25) is 0 Å². The first-order chi connectivity index (χ1) is 10.8. The number of aromatic amines is 1. The van der Waals surface area contributed by atoms with E-state index in [1.807, 2.05) is 0 Å². The van der Waals surface area contributed by atoms with Crippen molar-refractivity contribution < 1.29 is 29.7 Å². The highest BCUT2D eigenvalue weighted by atomic mass is 35.5. The molecule has 0 unspecified atom stereocenters. The summed E-state index contributed by atoms with van der Waals surface area (Å²) in [6.07, 6.45) is 3.16. The molecule has 0 amide bonds. The van der Waals surface area contributed by atoms with Gasteiger partial charge in [-0.3, -0.25) is 19.7 Å². The Morgan fingerprint density at radius 3 is 2.08 bits per heavy atom. The number of aromatic nitrogens is 2.